The molecule has 9 nitrogen and oxygen atoms in total. The number of carbonyl (C=O) groups is 3. The molecule has 0 bridgehead atoms. The van der Waals surface area contributed by atoms with Crippen LogP contribution in [0.25, 0.3) is 0 Å². The second-order valence-corrected chi connectivity index (χ2v) is 12.2. The van der Waals surface area contributed by atoms with Gasteiger partial charge in [0.15, 0.2) is 0 Å². The highest BCUT2D eigenvalue weighted by Gasteiger charge is 2.33. The Labute approximate surface area is 254 Å². The summed E-state index contributed by atoms with van der Waals surface area (Å²) >= 11 is 1.29. The Kier molecular flexibility index (Phi) is 14.1. The summed E-state index contributed by atoms with van der Waals surface area (Å²) in [5.41, 5.74) is 7.48. The van der Waals surface area contributed by atoms with Crippen molar-refractivity contribution in [3.05, 3.63) is 52.0 Å². The molecule has 2 rings (SSSR count). The van der Waals surface area contributed by atoms with Crippen LogP contribution in [0.15, 0.2) is 35.7 Å². The van der Waals surface area contributed by atoms with Gasteiger partial charge >= 0.3 is 5.97 Å². The number of aromatic nitrogens is 1. The maximum atomic E-state index is 13.3. The first-order valence-corrected chi connectivity index (χ1v) is 15.4. The minimum atomic E-state index is -0.917. The number of carbonyl (C=O) groups excluding carboxylic acids is 2. The zero-order valence-corrected chi connectivity index (χ0v) is 26.4. The van der Waals surface area contributed by atoms with Gasteiger partial charge in [-0.1, -0.05) is 77.3 Å². The van der Waals surface area contributed by atoms with E-state index in [1.54, 1.807) is 24.3 Å². The number of carboxylic acid groups (broad SMARTS) is 1. The Balaban J connectivity index is 2.25. The Morgan fingerprint density at radius 1 is 1.17 bits per heavy atom. The van der Waals surface area contributed by atoms with Gasteiger partial charge in [0.05, 0.1) is 12.0 Å². The van der Waals surface area contributed by atoms with Crippen LogP contribution in [0.5, 0.6) is 0 Å². The molecule has 0 spiro atoms. The van der Waals surface area contributed by atoms with Gasteiger partial charge in [-0.2, -0.15) is 0 Å². The number of hydrogen-bond acceptors (Lipinski definition) is 7. The molecule has 0 fully saturated rings. The number of nitrogens with two attached hydrogens (primary N) is 1. The fraction of sp³-hybridized carbons (Fsp3) is 0.562. The number of hydrogen-bond donors (Lipinski definition) is 3. The molecule has 0 radical (unpaired) electrons. The molecule has 1 aromatic carbocycles. The van der Waals surface area contributed by atoms with E-state index >= 15 is 0 Å². The molecule has 6 atom stereocenters. The van der Waals surface area contributed by atoms with Gasteiger partial charge in [0, 0.05) is 30.9 Å². The van der Waals surface area contributed by atoms with E-state index in [0.717, 1.165) is 12.0 Å². The van der Waals surface area contributed by atoms with Crippen LogP contribution in [0.1, 0.15) is 81.0 Å². The van der Waals surface area contributed by atoms with E-state index in [9.17, 15) is 19.5 Å². The number of terminal acetylenes is 1. The highest BCUT2D eigenvalue weighted by atomic mass is 32.1. The largest absolute Gasteiger partial charge is 0.481 e. The number of nitrogens with one attached hydrogen (secondary N) is 1. The third kappa shape index (κ3) is 10.2. The second kappa shape index (κ2) is 17.0. The number of benzene rings is 1. The molecule has 42 heavy (non-hydrogen) atoms. The van der Waals surface area contributed by atoms with Crippen molar-refractivity contribution in [3.63, 3.8) is 0 Å². The topological polar surface area (TPSA) is 135 Å². The number of rotatable bonds is 17. The van der Waals surface area contributed by atoms with Gasteiger partial charge in [0.2, 0.25) is 5.91 Å². The van der Waals surface area contributed by atoms with Crippen molar-refractivity contribution < 1.29 is 24.2 Å². The van der Waals surface area contributed by atoms with Crippen molar-refractivity contribution in [2.75, 3.05) is 13.7 Å². The Bertz CT molecular complexity index is 1200. The van der Waals surface area contributed by atoms with Gasteiger partial charge < -0.3 is 25.8 Å². The lowest BCUT2D eigenvalue weighted by atomic mass is 9.93. The second-order valence-electron chi connectivity index (χ2n) is 11.3. The minimum Gasteiger partial charge on any atom is -0.481 e. The Morgan fingerprint density at radius 3 is 2.40 bits per heavy atom. The van der Waals surface area contributed by atoms with Crippen molar-refractivity contribution in [3.8, 4) is 12.3 Å². The van der Waals surface area contributed by atoms with Crippen molar-refractivity contribution in [2.45, 2.75) is 84.5 Å². The summed E-state index contributed by atoms with van der Waals surface area (Å²) in [5, 5.41) is 14.7. The number of amides is 2. The zero-order valence-electron chi connectivity index (χ0n) is 25.6. The third-order valence-electron chi connectivity index (χ3n) is 7.73. The van der Waals surface area contributed by atoms with Crippen molar-refractivity contribution in [2.24, 2.45) is 23.5 Å². The lowest BCUT2D eigenvalue weighted by molar-refractivity contribution is -0.141. The fourth-order valence-electron chi connectivity index (χ4n) is 4.80. The van der Waals surface area contributed by atoms with E-state index in [-0.39, 0.29) is 48.4 Å². The van der Waals surface area contributed by atoms with E-state index in [1.165, 1.54) is 11.3 Å². The van der Waals surface area contributed by atoms with E-state index < -0.39 is 30.1 Å². The number of aliphatic carboxylic acids is 1. The summed E-state index contributed by atoms with van der Waals surface area (Å²) in [7, 11) is 1.76. The molecule has 0 saturated heterocycles. The van der Waals surface area contributed by atoms with Gasteiger partial charge in [-0.15, -0.1) is 17.8 Å². The summed E-state index contributed by atoms with van der Waals surface area (Å²) in [6.45, 7) is 9.72. The van der Waals surface area contributed by atoms with Crippen LogP contribution in [0.4, 0.5) is 0 Å². The predicted molar refractivity (Wildman–Crippen MR) is 166 cm³/mol. The third-order valence-corrected chi connectivity index (χ3v) is 8.67. The average molecular weight is 599 g/mol. The van der Waals surface area contributed by atoms with Crippen LogP contribution in [0.2, 0.25) is 0 Å². The van der Waals surface area contributed by atoms with Gasteiger partial charge in [-0.05, 0) is 30.2 Å². The normalized spacial score (nSPS) is 15.6. The monoisotopic (exact) mass is 598 g/mol. The van der Waals surface area contributed by atoms with E-state index in [0.29, 0.717) is 17.8 Å². The van der Waals surface area contributed by atoms with Crippen LogP contribution in [0.3, 0.4) is 0 Å². The first-order chi connectivity index (χ1) is 19.9. The first-order valence-electron chi connectivity index (χ1n) is 14.5. The standard InChI is InChI=1S/C32H46N4O5S/c1-8-15-41-27(18-26(20(3)4)36(7)31(38)28(33)21(5)9-2)30-35-25(19-42-30)29(37)34-24(16-22(6)32(39)40)17-23-13-11-10-12-14-23/h1,10-14,19-22,24,26-28H,9,15-18,33H2,2-7H3,(H,34,37)(H,39,40)/t21-,22?,24?,26+,27+,28-/m0/s1. The number of thiazole rings is 1. The van der Waals surface area contributed by atoms with Crippen molar-refractivity contribution >= 4 is 29.1 Å². The van der Waals surface area contributed by atoms with Crippen molar-refractivity contribution in [1.82, 2.24) is 15.2 Å². The average Bonchev–Trinajstić information content (AvgIpc) is 3.46. The molecule has 2 aromatic rings. The predicted octanol–water partition coefficient (Wildman–Crippen LogP) is 4.53. The van der Waals surface area contributed by atoms with Crippen LogP contribution in [-0.2, 0) is 20.7 Å². The molecule has 10 heteroatoms. The number of carboxylic acids is 1. The van der Waals surface area contributed by atoms with Crippen LogP contribution >= 0.6 is 11.3 Å². The Hall–Kier alpha value is -3.26. The quantitative estimate of drug-likeness (QED) is 0.228. The maximum absolute atomic E-state index is 13.3. The molecule has 230 valence electrons. The summed E-state index contributed by atoms with van der Waals surface area (Å²) in [5.74, 6) is 0.573. The molecule has 2 unspecified atom stereocenters. The van der Waals surface area contributed by atoms with E-state index in [1.807, 2.05) is 58.0 Å². The summed E-state index contributed by atoms with van der Waals surface area (Å²) in [6, 6.07) is 8.41. The fourth-order valence-corrected chi connectivity index (χ4v) is 5.66. The summed E-state index contributed by atoms with van der Waals surface area (Å²) in [4.78, 5) is 44.3. The maximum Gasteiger partial charge on any atom is 0.306 e. The van der Waals surface area contributed by atoms with Crippen molar-refractivity contribution in [1.29, 1.82) is 0 Å². The van der Waals surface area contributed by atoms with Crippen LogP contribution < -0.4 is 11.1 Å². The zero-order chi connectivity index (χ0) is 31.4. The molecule has 0 aliphatic heterocycles. The molecule has 0 aliphatic rings. The number of ether oxygens (including phenoxy) is 1. The summed E-state index contributed by atoms with van der Waals surface area (Å²) < 4.78 is 5.99. The lowest BCUT2D eigenvalue weighted by Crippen LogP contribution is -2.51. The lowest BCUT2D eigenvalue weighted by Gasteiger charge is -2.35. The highest BCUT2D eigenvalue weighted by Crippen LogP contribution is 2.30. The molecular weight excluding hydrogens is 552 g/mol. The Morgan fingerprint density at radius 2 is 1.83 bits per heavy atom. The SMILES string of the molecule is C#CCO[C@H](C[C@H](C(C)C)N(C)C(=O)[C@@H](N)[C@@H](C)CC)c1nc(C(=O)NC(Cc2ccccc2)CC(C)C(=O)O)cs1. The van der Waals surface area contributed by atoms with Crippen LogP contribution in [0, 0.1) is 30.1 Å². The van der Waals surface area contributed by atoms with Crippen LogP contribution in [-0.4, -0.2) is 64.6 Å². The molecule has 2 amide bonds. The smallest absolute Gasteiger partial charge is 0.306 e. The number of nitrogens with zero attached hydrogens (tertiary/aromatic N) is 2. The molecule has 4 N–H and O–H groups in total. The molecule has 0 aliphatic carbocycles. The molecule has 1 aromatic heterocycles. The summed E-state index contributed by atoms with van der Waals surface area (Å²) in [6.07, 6.45) is 6.94. The van der Waals surface area contributed by atoms with Gasteiger partial charge in [0.1, 0.15) is 23.4 Å². The highest BCUT2D eigenvalue weighted by molar-refractivity contribution is 7.09. The molecule has 1 heterocycles. The van der Waals surface area contributed by atoms with Gasteiger partial charge in [-0.3, -0.25) is 14.4 Å². The number of likely N-dealkylation sites (N-methyl/N-ethyl adjacent to an activating group) is 1. The first kappa shape index (κ1) is 34.9. The molecule has 0 saturated carbocycles. The van der Waals surface area contributed by atoms with E-state index in [4.69, 9.17) is 16.9 Å². The van der Waals surface area contributed by atoms with Gasteiger partial charge in [0.25, 0.3) is 5.91 Å². The minimum absolute atomic E-state index is 0.0467. The van der Waals surface area contributed by atoms with Gasteiger partial charge in [-0.25, -0.2) is 4.98 Å². The molecular formula is C32H46N4O5S. The van der Waals surface area contributed by atoms with E-state index in [2.05, 4.69) is 16.2 Å².